The molecule has 2 amide bonds. The molecule has 1 aliphatic carbocycles. The quantitative estimate of drug-likeness (QED) is 0.577. The summed E-state index contributed by atoms with van der Waals surface area (Å²) in [5.74, 6) is -1.24. The molecule has 1 atom stereocenters. The van der Waals surface area contributed by atoms with Crippen LogP contribution >= 0.6 is 0 Å². The van der Waals surface area contributed by atoms with Crippen LogP contribution in [0.1, 0.15) is 39.0 Å². The molecule has 0 aromatic rings. The number of aliphatic carboxylic acids is 1. The third-order valence-electron chi connectivity index (χ3n) is 3.16. The first kappa shape index (κ1) is 13.8. The second-order valence-corrected chi connectivity index (χ2v) is 4.79. The maximum atomic E-state index is 11.6. The zero-order valence-electron chi connectivity index (χ0n) is 10.0. The van der Waals surface area contributed by atoms with Gasteiger partial charge in [0.1, 0.15) is 0 Å². The summed E-state index contributed by atoms with van der Waals surface area (Å²) in [5, 5.41) is 22.5. The first-order valence-electron chi connectivity index (χ1n) is 5.89. The van der Waals surface area contributed by atoms with Crippen LogP contribution in [0.5, 0.6) is 0 Å². The van der Waals surface area contributed by atoms with Gasteiger partial charge in [0, 0.05) is 5.54 Å². The van der Waals surface area contributed by atoms with Crippen molar-refractivity contribution in [2.45, 2.75) is 50.6 Å². The van der Waals surface area contributed by atoms with Crippen LogP contribution < -0.4 is 10.6 Å². The average molecular weight is 244 g/mol. The summed E-state index contributed by atoms with van der Waals surface area (Å²) < 4.78 is 0. The Hall–Kier alpha value is -1.30. The van der Waals surface area contributed by atoms with Crippen LogP contribution in [0.25, 0.3) is 0 Å². The van der Waals surface area contributed by atoms with Crippen molar-refractivity contribution in [3.63, 3.8) is 0 Å². The number of urea groups is 1. The lowest BCUT2D eigenvalue weighted by molar-refractivity contribution is -0.140. The Morgan fingerprint density at radius 1 is 1.29 bits per heavy atom. The van der Waals surface area contributed by atoms with Gasteiger partial charge in [0.05, 0.1) is 6.61 Å². The third kappa shape index (κ3) is 4.22. The molecule has 0 aromatic carbocycles. The molecular weight excluding hydrogens is 224 g/mol. The molecule has 0 bridgehead atoms. The zero-order chi connectivity index (χ0) is 12.9. The molecular formula is C11H20N2O4. The molecule has 0 radical (unpaired) electrons. The van der Waals surface area contributed by atoms with Gasteiger partial charge in [-0.05, 0) is 19.8 Å². The molecule has 0 spiro atoms. The number of aliphatic hydroxyl groups is 1. The summed E-state index contributed by atoms with van der Waals surface area (Å²) in [5.41, 5.74) is -0.263. The number of carboxylic acids is 1. The first-order chi connectivity index (χ1) is 7.97. The number of nitrogens with one attached hydrogen (secondary N) is 2. The van der Waals surface area contributed by atoms with E-state index >= 15 is 0 Å². The van der Waals surface area contributed by atoms with Crippen molar-refractivity contribution in [3.05, 3.63) is 0 Å². The van der Waals surface area contributed by atoms with Crippen molar-refractivity contribution in [2.75, 3.05) is 6.61 Å². The van der Waals surface area contributed by atoms with Gasteiger partial charge in [0.25, 0.3) is 0 Å². The van der Waals surface area contributed by atoms with Gasteiger partial charge in [-0.3, -0.25) is 0 Å². The topological polar surface area (TPSA) is 98.7 Å². The Balaban J connectivity index is 2.45. The second kappa shape index (κ2) is 5.86. The van der Waals surface area contributed by atoms with Crippen LogP contribution in [0.4, 0.5) is 4.79 Å². The van der Waals surface area contributed by atoms with Gasteiger partial charge >= 0.3 is 12.0 Å². The van der Waals surface area contributed by atoms with Crippen molar-refractivity contribution in [2.24, 2.45) is 0 Å². The van der Waals surface area contributed by atoms with Crippen molar-refractivity contribution in [1.82, 2.24) is 10.6 Å². The Kier molecular flexibility index (Phi) is 4.74. The molecule has 0 saturated heterocycles. The molecule has 4 N–H and O–H groups in total. The van der Waals surface area contributed by atoms with Crippen LogP contribution in [-0.2, 0) is 4.79 Å². The minimum Gasteiger partial charge on any atom is -0.480 e. The fourth-order valence-electron chi connectivity index (χ4n) is 2.11. The van der Waals surface area contributed by atoms with Gasteiger partial charge in [0.15, 0.2) is 6.04 Å². The highest BCUT2D eigenvalue weighted by Gasteiger charge is 2.29. The molecule has 6 nitrogen and oxygen atoms in total. The molecule has 0 unspecified atom stereocenters. The maximum absolute atomic E-state index is 11.6. The van der Waals surface area contributed by atoms with Crippen molar-refractivity contribution in [1.29, 1.82) is 0 Å². The van der Waals surface area contributed by atoms with Gasteiger partial charge in [-0.25, -0.2) is 9.59 Å². The Bertz CT molecular complexity index is 287. The number of carboxylic acid groups (broad SMARTS) is 1. The van der Waals surface area contributed by atoms with Gasteiger partial charge in [-0.15, -0.1) is 0 Å². The summed E-state index contributed by atoms with van der Waals surface area (Å²) in [4.78, 5) is 22.2. The lowest BCUT2D eigenvalue weighted by atomic mass is 9.83. The van der Waals surface area contributed by atoms with E-state index in [0.29, 0.717) is 0 Å². The van der Waals surface area contributed by atoms with E-state index in [1.54, 1.807) is 0 Å². The molecule has 1 saturated carbocycles. The number of aliphatic hydroxyl groups excluding tert-OH is 1. The lowest BCUT2D eigenvalue weighted by Gasteiger charge is -2.34. The highest BCUT2D eigenvalue weighted by atomic mass is 16.4. The molecule has 98 valence electrons. The normalized spacial score (nSPS) is 20.4. The minimum atomic E-state index is -1.25. The Labute approximate surface area is 100 Å². The fourth-order valence-corrected chi connectivity index (χ4v) is 2.11. The highest BCUT2D eigenvalue weighted by molar-refractivity contribution is 5.82. The first-order valence-corrected chi connectivity index (χ1v) is 5.89. The molecule has 0 aliphatic heterocycles. The molecule has 0 aromatic heterocycles. The van der Waals surface area contributed by atoms with E-state index in [9.17, 15) is 9.59 Å². The number of amides is 2. The molecule has 17 heavy (non-hydrogen) atoms. The monoisotopic (exact) mass is 244 g/mol. The minimum absolute atomic E-state index is 0.263. The zero-order valence-corrected chi connectivity index (χ0v) is 10.0. The fraction of sp³-hybridized carbons (Fsp3) is 0.818. The van der Waals surface area contributed by atoms with Gasteiger partial charge in [0.2, 0.25) is 0 Å². The number of rotatable bonds is 4. The van der Waals surface area contributed by atoms with Crippen LogP contribution in [0, 0.1) is 0 Å². The van der Waals surface area contributed by atoms with E-state index in [0.717, 1.165) is 25.7 Å². The Morgan fingerprint density at radius 2 is 1.88 bits per heavy atom. The second-order valence-electron chi connectivity index (χ2n) is 4.79. The van der Waals surface area contributed by atoms with Crippen LogP contribution in [0.2, 0.25) is 0 Å². The van der Waals surface area contributed by atoms with E-state index < -0.39 is 24.6 Å². The molecule has 1 rings (SSSR count). The summed E-state index contributed by atoms with van der Waals surface area (Å²) in [7, 11) is 0. The summed E-state index contributed by atoms with van der Waals surface area (Å²) in [6, 6.07) is -1.78. The van der Waals surface area contributed by atoms with Gasteiger partial charge < -0.3 is 20.8 Å². The molecule has 6 heteroatoms. The van der Waals surface area contributed by atoms with Crippen molar-refractivity contribution >= 4 is 12.0 Å². The molecule has 1 fully saturated rings. The highest BCUT2D eigenvalue weighted by Crippen LogP contribution is 2.27. The van der Waals surface area contributed by atoms with E-state index in [2.05, 4.69) is 10.6 Å². The lowest BCUT2D eigenvalue weighted by Crippen LogP contribution is -2.55. The number of carbonyl (C=O) groups excluding carboxylic acids is 1. The summed E-state index contributed by atoms with van der Waals surface area (Å²) >= 11 is 0. The third-order valence-corrected chi connectivity index (χ3v) is 3.16. The molecule has 1 aliphatic rings. The summed E-state index contributed by atoms with van der Waals surface area (Å²) in [6.45, 7) is 1.35. The van der Waals surface area contributed by atoms with Gasteiger partial charge in [-0.2, -0.15) is 0 Å². The van der Waals surface area contributed by atoms with E-state index in [4.69, 9.17) is 10.2 Å². The van der Waals surface area contributed by atoms with Crippen LogP contribution in [0.15, 0.2) is 0 Å². The standard InChI is InChI=1S/C11H20N2O4/c1-11(5-3-2-4-6-11)13-10(17)12-8(7-14)9(15)16/h8,14H,2-7H2,1H3,(H,15,16)(H2,12,13,17)/t8-/m0/s1. The van der Waals surface area contributed by atoms with Crippen molar-refractivity contribution in [3.8, 4) is 0 Å². The summed E-state index contributed by atoms with van der Waals surface area (Å²) in [6.07, 6.45) is 5.11. The largest absolute Gasteiger partial charge is 0.480 e. The smallest absolute Gasteiger partial charge is 0.328 e. The van der Waals surface area contributed by atoms with Crippen LogP contribution in [-0.4, -0.2) is 40.4 Å². The van der Waals surface area contributed by atoms with Crippen LogP contribution in [0.3, 0.4) is 0 Å². The molecule has 0 heterocycles. The van der Waals surface area contributed by atoms with Crippen molar-refractivity contribution < 1.29 is 19.8 Å². The number of carbonyl (C=O) groups is 2. The van der Waals surface area contributed by atoms with E-state index in [1.165, 1.54) is 6.42 Å². The maximum Gasteiger partial charge on any atom is 0.328 e. The average Bonchev–Trinajstić information content (AvgIpc) is 2.25. The predicted octanol–water partition coefficient (Wildman–Crippen LogP) is 0.454. The van der Waals surface area contributed by atoms with E-state index in [1.807, 2.05) is 6.92 Å². The SMILES string of the molecule is CC1(NC(=O)N[C@@H](CO)C(=O)O)CCCCC1. The van der Waals surface area contributed by atoms with Gasteiger partial charge in [-0.1, -0.05) is 19.3 Å². The van der Waals surface area contributed by atoms with E-state index in [-0.39, 0.29) is 5.54 Å². The number of hydrogen-bond donors (Lipinski definition) is 4. The predicted molar refractivity (Wildman–Crippen MR) is 61.7 cm³/mol. The Morgan fingerprint density at radius 3 is 2.35 bits per heavy atom. The number of hydrogen-bond acceptors (Lipinski definition) is 3.